The Bertz CT molecular complexity index is 607. The average molecular weight is 354 g/mol. The van der Waals surface area contributed by atoms with Crippen molar-refractivity contribution in [1.29, 1.82) is 0 Å². The highest BCUT2D eigenvalue weighted by Gasteiger charge is 2.56. The van der Waals surface area contributed by atoms with E-state index in [9.17, 15) is 14.0 Å². The van der Waals surface area contributed by atoms with Gasteiger partial charge in [0, 0.05) is 6.54 Å². The zero-order chi connectivity index (χ0) is 15.8. The predicted molar refractivity (Wildman–Crippen MR) is 80.6 cm³/mol. The smallest absolute Gasteiger partial charge is 0.255 e. The summed E-state index contributed by atoms with van der Waals surface area (Å²) in [5, 5.41) is 4.79. The summed E-state index contributed by atoms with van der Waals surface area (Å²) in [5.41, 5.74) is -0.447. The third kappa shape index (κ3) is 3.42. The Morgan fingerprint density at radius 2 is 2.05 bits per heavy atom. The molecule has 0 aliphatic heterocycles. The molecule has 2 N–H and O–H groups in total. The third-order valence-corrected chi connectivity index (χ3v) is 4.21. The second kappa shape index (κ2) is 5.99. The van der Waals surface area contributed by atoms with Gasteiger partial charge < -0.3 is 10.6 Å². The van der Waals surface area contributed by atoms with E-state index in [1.807, 2.05) is 0 Å². The summed E-state index contributed by atoms with van der Waals surface area (Å²) in [6, 6.07) is 2.62. The minimum absolute atomic E-state index is 0.0353. The molecule has 1 saturated carbocycles. The molecule has 0 heterocycles. The SMILES string of the molecule is CCNC(=O)c1c(Cl)ccc(NC(=O)C2CC2(Cl)Cl)c1F. The minimum atomic E-state index is -1.10. The lowest BCUT2D eigenvalue weighted by atomic mass is 10.1. The van der Waals surface area contributed by atoms with Crippen molar-refractivity contribution in [2.45, 2.75) is 17.7 Å². The maximum Gasteiger partial charge on any atom is 0.255 e. The lowest BCUT2D eigenvalue weighted by Crippen LogP contribution is -2.25. The topological polar surface area (TPSA) is 58.2 Å². The molecule has 1 unspecified atom stereocenters. The molecule has 1 aliphatic carbocycles. The van der Waals surface area contributed by atoms with Gasteiger partial charge >= 0.3 is 0 Å². The van der Waals surface area contributed by atoms with Crippen LogP contribution < -0.4 is 10.6 Å². The molecule has 4 nitrogen and oxygen atoms in total. The van der Waals surface area contributed by atoms with Crippen molar-refractivity contribution in [2.75, 3.05) is 11.9 Å². The van der Waals surface area contributed by atoms with E-state index in [4.69, 9.17) is 34.8 Å². The molecule has 2 amide bonds. The van der Waals surface area contributed by atoms with Gasteiger partial charge in [0.15, 0.2) is 5.82 Å². The van der Waals surface area contributed by atoms with Crippen LogP contribution in [-0.4, -0.2) is 22.7 Å². The largest absolute Gasteiger partial charge is 0.352 e. The average Bonchev–Trinajstić information content (AvgIpc) is 3.02. The molecule has 1 fully saturated rings. The number of hydrogen-bond acceptors (Lipinski definition) is 2. The molecule has 0 radical (unpaired) electrons. The summed E-state index contributed by atoms with van der Waals surface area (Å²) in [7, 11) is 0. The lowest BCUT2D eigenvalue weighted by Gasteiger charge is -2.11. The van der Waals surface area contributed by atoms with E-state index in [0.717, 1.165) is 0 Å². The Hall–Kier alpha value is -1.04. The Kier molecular flexibility index (Phi) is 4.66. The van der Waals surface area contributed by atoms with Crippen molar-refractivity contribution in [1.82, 2.24) is 5.32 Å². The summed E-state index contributed by atoms with van der Waals surface area (Å²) < 4.78 is 13.2. The number of rotatable bonds is 4. The summed E-state index contributed by atoms with van der Waals surface area (Å²) in [4.78, 5) is 23.6. The number of nitrogens with one attached hydrogen (secondary N) is 2. The zero-order valence-corrected chi connectivity index (χ0v) is 13.2. The molecule has 21 heavy (non-hydrogen) atoms. The van der Waals surface area contributed by atoms with Gasteiger partial charge in [-0.1, -0.05) is 11.6 Å². The summed E-state index contributed by atoms with van der Waals surface area (Å²) >= 11 is 17.4. The highest BCUT2D eigenvalue weighted by molar-refractivity contribution is 6.52. The summed E-state index contributed by atoms with van der Waals surface area (Å²) in [5.74, 6) is -2.63. The minimum Gasteiger partial charge on any atom is -0.352 e. The number of halogens is 4. The van der Waals surface area contributed by atoms with Crippen LogP contribution in [0.3, 0.4) is 0 Å². The fourth-order valence-electron chi connectivity index (χ4n) is 1.82. The number of alkyl halides is 2. The highest BCUT2D eigenvalue weighted by Crippen LogP contribution is 2.53. The lowest BCUT2D eigenvalue weighted by molar-refractivity contribution is -0.117. The van der Waals surface area contributed by atoms with Crippen LogP contribution in [0.25, 0.3) is 0 Å². The van der Waals surface area contributed by atoms with Gasteiger partial charge in [-0.05, 0) is 25.5 Å². The van der Waals surface area contributed by atoms with E-state index in [1.165, 1.54) is 12.1 Å². The Morgan fingerprint density at radius 3 is 2.57 bits per heavy atom. The number of anilines is 1. The van der Waals surface area contributed by atoms with Gasteiger partial charge in [0.1, 0.15) is 4.33 Å². The van der Waals surface area contributed by atoms with Crippen LogP contribution in [0.2, 0.25) is 5.02 Å². The van der Waals surface area contributed by atoms with Crippen LogP contribution in [0.5, 0.6) is 0 Å². The van der Waals surface area contributed by atoms with Crippen LogP contribution in [0.1, 0.15) is 23.7 Å². The number of hydrogen-bond donors (Lipinski definition) is 2. The van der Waals surface area contributed by atoms with Gasteiger partial charge in [-0.15, -0.1) is 23.2 Å². The van der Waals surface area contributed by atoms with Crippen molar-refractivity contribution < 1.29 is 14.0 Å². The molecule has 0 saturated heterocycles. The number of amides is 2. The number of benzene rings is 1. The maximum absolute atomic E-state index is 14.3. The fraction of sp³-hybridized carbons (Fsp3) is 0.385. The monoisotopic (exact) mass is 352 g/mol. The van der Waals surface area contributed by atoms with Crippen molar-refractivity contribution in [3.05, 3.63) is 28.5 Å². The standard InChI is InChI=1S/C13H12Cl3FN2O2/c1-2-18-12(21)9-7(14)3-4-8(10(9)17)19-11(20)6-5-13(6,15)16/h3-4,6H,2,5H2,1H3,(H,18,21)(H,19,20). The molecule has 2 rings (SSSR count). The first kappa shape index (κ1) is 16.3. The van der Waals surface area contributed by atoms with Gasteiger partial charge in [-0.3, -0.25) is 9.59 Å². The molecule has 1 aliphatic rings. The van der Waals surface area contributed by atoms with Crippen LogP contribution in [0.4, 0.5) is 10.1 Å². The van der Waals surface area contributed by atoms with Crippen molar-refractivity contribution in [3.8, 4) is 0 Å². The molecule has 1 atom stereocenters. The third-order valence-electron chi connectivity index (χ3n) is 3.06. The van der Waals surface area contributed by atoms with Gasteiger partial charge in [-0.25, -0.2) is 4.39 Å². The molecule has 1 aromatic carbocycles. The van der Waals surface area contributed by atoms with Crippen LogP contribution >= 0.6 is 34.8 Å². The molecule has 1 aromatic rings. The molecule has 0 bridgehead atoms. The van der Waals surface area contributed by atoms with Crippen molar-refractivity contribution >= 4 is 52.3 Å². The van der Waals surface area contributed by atoms with E-state index >= 15 is 0 Å². The predicted octanol–water partition coefficient (Wildman–Crippen LogP) is 3.36. The van der Waals surface area contributed by atoms with Crippen LogP contribution in [0.15, 0.2) is 12.1 Å². The molecule has 8 heteroatoms. The second-order valence-corrected chi connectivity index (χ2v) is 6.60. The Labute approximate surface area is 135 Å². The first-order valence-electron chi connectivity index (χ1n) is 6.22. The molecule has 0 spiro atoms. The van der Waals surface area contributed by atoms with Crippen LogP contribution in [-0.2, 0) is 4.79 Å². The molecule has 114 valence electrons. The second-order valence-electron chi connectivity index (χ2n) is 4.65. The molecule has 0 aromatic heterocycles. The van der Waals surface area contributed by atoms with Gasteiger partial charge in [-0.2, -0.15) is 0 Å². The van der Waals surface area contributed by atoms with Crippen LogP contribution in [0, 0.1) is 11.7 Å². The maximum atomic E-state index is 14.3. The molecular formula is C13H12Cl3FN2O2. The highest BCUT2D eigenvalue weighted by atomic mass is 35.5. The van der Waals surface area contributed by atoms with Gasteiger partial charge in [0.2, 0.25) is 5.91 Å². The van der Waals surface area contributed by atoms with E-state index in [-0.39, 0.29) is 16.3 Å². The van der Waals surface area contributed by atoms with Crippen molar-refractivity contribution in [2.24, 2.45) is 5.92 Å². The van der Waals surface area contributed by atoms with E-state index < -0.39 is 27.9 Å². The first-order valence-corrected chi connectivity index (χ1v) is 7.36. The number of carbonyl (C=O) groups is 2. The van der Waals surface area contributed by atoms with E-state index in [0.29, 0.717) is 13.0 Å². The van der Waals surface area contributed by atoms with E-state index in [2.05, 4.69) is 10.6 Å². The summed E-state index contributed by atoms with van der Waals surface area (Å²) in [6.45, 7) is 2.03. The van der Waals surface area contributed by atoms with Gasteiger partial charge in [0.05, 0.1) is 22.2 Å². The van der Waals surface area contributed by atoms with E-state index in [1.54, 1.807) is 6.92 Å². The Morgan fingerprint density at radius 1 is 1.43 bits per heavy atom. The first-order chi connectivity index (χ1) is 9.77. The zero-order valence-electron chi connectivity index (χ0n) is 11.0. The fourth-order valence-corrected chi connectivity index (χ4v) is 2.56. The Balaban J connectivity index is 2.23. The summed E-state index contributed by atoms with van der Waals surface area (Å²) in [6.07, 6.45) is 0.306. The van der Waals surface area contributed by atoms with Crippen molar-refractivity contribution in [3.63, 3.8) is 0 Å². The quantitative estimate of drug-likeness (QED) is 0.816. The molecular weight excluding hydrogens is 342 g/mol. The van der Waals surface area contributed by atoms with Gasteiger partial charge in [0.25, 0.3) is 5.91 Å². The normalized spacial score (nSPS) is 19.0. The number of carbonyl (C=O) groups excluding carboxylic acids is 2.